The van der Waals surface area contributed by atoms with Crippen molar-refractivity contribution in [3.8, 4) is 11.5 Å². The van der Waals surface area contributed by atoms with Crippen LogP contribution < -0.4 is 0 Å². The molecule has 0 unspecified atom stereocenters. The van der Waals surface area contributed by atoms with Gasteiger partial charge in [0.2, 0.25) is 0 Å². The summed E-state index contributed by atoms with van der Waals surface area (Å²) in [6.45, 7) is 1.28. The van der Waals surface area contributed by atoms with Gasteiger partial charge in [0.1, 0.15) is 11.5 Å². The summed E-state index contributed by atoms with van der Waals surface area (Å²) in [4.78, 5) is 10.8. The molecule has 0 heterocycles. The van der Waals surface area contributed by atoms with Gasteiger partial charge in [-0.2, -0.15) is 0 Å². The zero-order valence-electron chi connectivity index (χ0n) is 6.34. The molecule has 0 aliphatic rings. The van der Waals surface area contributed by atoms with E-state index in [1.165, 1.54) is 19.1 Å². The molecule has 12 heavy (non-hydrogen) atoms. The monoisotopic (exact) mass is 186 g/mol. The molecule has 0 aromatic heterocycles. The Morgan fingerprint density at radius 2 is 2.00 bits per heavy atom. The Balaban J connectivity index is 3.37. The van der Waals surface area contributed by atoms with Crippen molar-refractivity contribution in [2.24, 2.45) is 0 Å². The molecule has 2 N–H and O–H groups in total. The number of aromatic hydroxyl groups is 2. The van der Waals surface area contributed by atoms with Crippen molar-refractivity contribution >= 4 is 17.4 Å². The highest BCUT2D eigenvalue weighted by molar-refractivity contribution is 6.32. The second-order valence-electron chi connectivity index (χ2n) is 2.38. The number of carbonyl (C=O) groups excluding carboxylic acids is 1. The van der Waals surface area contributed by atoms with Crippen LogP contribution in [0.25, 0.3) is 0 Å². The average molecular weight is 187 g/mol. The van der Waals surface area contributed by atoms with Gasteiger partial charge >= 0.3 is 0 Å². The van der Waals surface area contributed by atoms with Gasteiger partial charge in [0.25, 0.3) is 0 Å². The Morgan fingerprint density at radius 3 is 2.50 bits per heavy atom. The van der Waals surface area contributed by atoms with E-state index in [4.69, 9.17) is 16.7 Å². The van der Waals surface area contributed by atoms with E-state index in [1.54, 1.807) is 0 Å². The number of carbonyl (C=O) groups is 1. The lowest BCUT2D eigenvalue weighted by Crippen LogP contribution is -1.92. The number of hydrogen-bond acceptors (Lipinski definition) is 3. The number of halogens is 1. The summed E-state index contributed by atoms with van der Waals surface area (Å²) in [6.07, 6.45) is 0. The molecular weight excluding hydrogens is 180 g/mol. The Hall–Kier alpha value is -1.22. The van der Waals surface area contributed by atoms with E-state index in [0.29, 0.717) is 0 Å². The van der Waals surface area contributed by atoms with Crippen LogP contribution in [-0.4, -0.2) is 16.0 Å². The molecule has 1 aromatic rings. The summed E-state index contributed by atoms with van der Waals surface area (Å²) in [6, 6.07) is 2.34. The molecule has 0 aliphatic carbocycles. The van der Waals surface area contributed by atoms with E-state index in [0.717, 1.165) is 0 Å². The number of Topliss-reactive ketones (excluding diaryl/α,β-unsaturated/α-hetero) is 1. The third-order valence-electron chi connectivity index (χ3n) is 1.43. The van der Waals surface area contributed by atoms with E-state index >= 15 is 0 Å². The lowest BCUT2D eigenvalue weighted by molar-refractivity contribution is 0.101. The molecule has 0 fully saturated rings. The fourth-order valence-electron chi connectivity index (χ4n) is 0.853. The fraction of sp³-hybridized carbons (Fsp3) is 0.125. The maximum Gasteiger partial charge on any atom is 0.163 e. The van der Waals surface area contributed by atoms with Crippen molar-refractivity contribution in [3.05, 3.63) is 22.7 Å². The molecule has 3 nitrogen and oxygen atoms in total. The smallest absolute Gasteiger partial charge is 0.163 e. The van der Waals surface area contributed by atoms with Crippen molar-refractivity contribution < 1.29 is 15.0 Å². The molecule has 0 bridgehead atoms. The van der Waals surface area contributed by atoms with E-state index in [1.807, 2.05) is 0 Å². The molecule has 4 heteroatoms. The Bertz CT molecular complexity index is 333. The lowest BCUT2D eigenvalue weighted by Gasteiger charge is -2.02. The van der Waals surface area contributed by atoms with Crippen molar-refractivity contribution in [1.29, 1.82) is 0 Å². The standard InChI is InChI=1S/C8H7ClO3/c1-4(10)6-2-5(11)3-7(9)8(6)12/h2-3,11-12H,1H3. The van der Waals surface area contributed by atoms with Gasteiger partial charge in [0.05, 0.1) is 10.6 Å². The molecule has 0 spiro atoms. The normalized spacial score (nSPS) is 9.83. The predicted octanol–water partition coefficient (Wildman–Crippen LogP) is 1.95. The van der Waals surface area contributed by atoms with Crippen molar-refractivity contribution in [2.45, 2.75) is 6.92 Å². The molecule has 64 valence electrons. The first-order chi connectivity index (χ1) is 5.52. The summed E-state index contributed by atoms with van der Waals surface area (Å²) < 4.78 is 0. The summed E-state index contributed by atoms with van der Waals surface area (Å²) in [5.74, 6) is -0.768. The van der Waals surface area contributed by atoms with E-state index in [9.17, 15) is 9.90 Å². The highest BCUT2D eigenvalue weighted by Gasteiger charge is 2.11. The van der Waals surface area contributed by atoms with Gasteiger partial charge in [0.15, 0.2) is 5.78 Å². The van der Waals surface area contributed by atoms with Crippen LogP contribution in [0.5, 0.6) is 11.5 Å². The maximum absolute atomic E-state index is 10.8. The Labute approximate surface area is 74.2 Å². The predicted molar refractivity (Wildman–Crippen MR) is 44.8 cm³/mol. The molecule has 0 radical (unpaired) electrons. The topological polar surface area (TPSA) is 57.5 Å². The molecule has 1 aromatic carbocycles. The molecule has 0 amide bonds. The van der Waals surface area contributed by atoms with Crippen LogP contribution >= 0.6 is 11.6 Å². The summed E-state index contributed by atoms with van der Waals surface area (Å²) in [7, 11) is 0. The summed E-state index contributed by atoms with van der Waals surface area (Å²) in [5.41, 5.74) is 0.0278. The highest BCUT2D eigenvalue weighted by atomic mass is 35.5. The van der Waals surface area contributed by atoms with Crippen LogP contribution in [0.3, 0.4) is 0 Å². The van der Waals surface area contributed by atoms with Gasteiger partial charge in [-0.25, -0.2) is 0 Å². The quantitative estimate of drug-likeness (QED) is 0.521. The van der Waals surface area contributed by atoms with Crippen molar-refractivity contribution in [1.82, 2.24) is 0 Å². The minimum Gasteiger partial charge on any atom is -0.508 e. The number of ketones is 1. The van der Waals surface area contributed by atoms with Gasteiger partial charge < -0.3 is 10.2 Å². The van der Waals surface area contributed by atoms with Crippen molar-refractivity contribution in [2.75, 3.05) is 0 Å². The number of benzene rings is 1. The van der Waals surface area contributed by atoms with Gasteiger partial charge in [-0.1, -0.05) is 11.6 Å². The molecule has 0 aliphatic heterocycles. The Morgan fingerprint density at radius 1 is 1.42 bits per heavy atom. The van der Waals surface area contributed by atoms with Crippen LogP contribution in [-0.2, 0) is 0 Å². The number of phenols is 2. The largest absolute Gasteiger partial charge is 0.508 e. The third kappa shape index (κ3) is 1.51. The third-order valence-corrected chi connectivity index (χ3v) is 1.72. The van der Waals surface area contributed by atoms with Crippen LogP contribution in [0.15, 0.2) is 12.1 Å². The maximum atomic E-state index is 10.8. The average Bonchev–Trinajstić information content (AvgIpc) is 1.96. The number of rotatable bonds is 1. The van der Waals surface area contributed by atoms with E-state index in [-0.39, 0.29) is 27.9 Å². The fourth-order valence-corrected chi connectivity index (χ4v) is 1.07. The second kappa shape index (κ2) is 3.03. The number of phenolic OH excluding ortho intramolecular Hbond substituents is 2. The van der Waals surface area contributed by atoms with Crippen LogP contribution in [0.2, 0.25) is 5.02 Å². The van der Waals surface area contributed by atoms with Crippen LogP contribution in [0, 0.1) is 0 Å². The first-order valence-electron chi connectivity index (χ1n) is 3.25. The van der Waals surface area contributed by atoms with Crippen molar-refractivity contribution in [3.63, 3.8) is 0 Å². The number of hydrogen-bond donors (Lipinski definition) is 2. The zero-order chi connectivity index (χ0) is 9.30. The lowest BCUT2D eigenvalue weighted by atomic mass is 10.1. The minimum absolute atomic E-state index is 0.0276. The highest BCUT2D eigenvalue weighted by Crippen LogP contribution is 2.31. The summed E-state index contributed by atoms with van der Waals surface area (Å²) >= 11 is 5.50. The Kier molecular flexibility index (Phi) is 2.24. The van der Waals surface area contributed by atoms with Gasteiger partial charge in [-0.3, -0.25) is 4.79 Å². The van der Waals surface area contributed by atoms with Crippen LogP contribution in [0.1, 0.15) is 17.3 Å². The second-order valence-corrected chi connectivity index (χ2v) is 2.79. The minimum atomic E-state index is -0.342. The van der Waals surface area contributed by atoms with Crippen LogP contribution in [0.4, 0.5) is 0 Å². The van der Waals surface area contributed by atoms with E-state index < -0.39 is 0 Å². The molecule has 0 saturated heterocycles. The molecule has 0 saturated carbocycles. The van der Waals surface area contributed by atoms with Gasteiger partial charge in [0, 0.05) is 6.07 Å². The molecule has 0 atom stereocenters. The van der Waals surface area contributed by atoms with Gasteiger partial charge in [-0.05, 0) is 13.0 Å². The SMILES string of the molecule is CC(=O)c1cc(O)cc(Cl)c1O. The zero-order valence-corrected chi connectivity index (χ0v) is 7.09. The first kappa shape index (κ1) is 8.87. The van der Waals surface area contributed by atoms with E-state index in [2.05, 4.69) is 0 Å². The summed E-state index contributed by atoms with van der Waals surface area (Å²) in [5, 5.41) is 18.2. The first-order valence-corrected chi connectivity index (χ1v) is 3.62. The van der Waals surface area contributed by atoms with Gasteiger partial charge in [-0.15, -0.1) is 0 Å². The molecule has 1 rings (SSSR count). The molecular formula is C8H7ClO3.